The zero-order valence-electron chi connectivity index (χ0n) is 11.3. The molecule has 20 heavy (non-hydrogen) atoms. The van der Waals surface area contributed by atoms with Crippen LogP contribution in [-0.2, 0) is 24.3 Å². The number of hydrogen-bond donors (Lipinski definition) is 1. The zero-order valence-corrected chi connectivity index (χ0v) is 11.3. The minimum Gasteiger partial charge on any atom is -0.361 e. The van der Waals surface area contributed by atoms with E-state index < -0.39 is 5.69 Å². The maximum Gasteiger partial charge on any atom is 0.330 e. The molecule has 0 amide bonds. The van der Waals surface area contributed by atoms with Gasteiger partial charge in [-0.05, 0) is 25.3 Å². The zero-order chi connectivity index (χ0) is 14.1. The van der Waals surface area contributed by atoms with Gasteiger partial charge >= 0.3 is 5.69 Å². The first-order valence-electron chi connectivity index (χ1n) is 6.74. The largest absolute Gasteiger partial charge is 0.361 e. The second-order valence-corrected chi connectivity index (χ2v) is 4.79. The molecule has 1 heterocycles. The summed E-state index contributed by atoms with van der Waals surface area (Å²) in [5.41, 5.74) is 2.79. The Labute approximate surface area is 115 Å². The van der Waals surface area contributed by atoms with Crippen LogP contribution in [0.3, 0.4) is 0 Å². The molecule has 2 aromatic rings. The molecule has 0 saturated carbocycles. The number of benzene rings is 1. The summed E-state index contributed by atoms with van der Waals surface area (Å²) in [4.78, 5) is 26.4. The maximum atomic E-state index is 12.1. The van der Waals surface area contributed by atoms with Gasteiger partial charge in [-0.2, -0.15) is 0 Å². The van der Waals surface area contributed by atoms with Gasteiger partial charge in [0.15, 0.2) is 0 Å². The number of hydrogen-bond acceptors (Lipinski definition) is 3. The number of ether oxygens (including phenoxy) is 1. The van der Waals surface area contributed by atoms with Gasteiger partial charge < -0.3 is 4.74 Å². The van der Waals surface area contributed by atoms with E-state index in [4.69, 9.17) is 4.74 Å². The van der Waals surface area contributed by atoms with Gasteiger partial charge in [0, 0.05) is 17.7 Å². The number of aryl methyl sites for hydroxylation is 1. The molecule has 5 nitrogen and oxygen atoms in total. The lowest BCUT2D eigenvalue weighted by atomic mass is 9.89. The van der Waals surface area contributed by atoms with Crippen LogP contribution in [0.5, 0.6) is 0 Å². The average Bonchev–Trinajstić information content (AvgIpc) is 2.46. The van der Waals surface area contributed by atoms with Crippen LogP contribution >= 0.6 is 0 Å². The van der Waals surface area contributed by atoms with Crippen molar-refractivity contribution in [1.82, 2.24) is 9.55 Å². The van der Waals surface area contributed by atoms with Crippen LogP contribution in [0.2, 0.25) is 0 Å². The second-order valence-electron chi connectivity index (χ2n) is 4.79. The van der Waals surface area contributed by atoms with E-state index in [-0.39, 0.29) is 12.3 Å². The molecule has 104 valence electrons. The van der Waals surface area contributed by atoms with E-state index in [0.29, 0.717) is 24.3 Å². The Morgan fingerprint density at radius 3 is 2.85 bits per heavy atom. The number of nitrogens with zero attached hydrogens (tertiary/aromatic N) is 1. The van der Waals surface area contributed by atoms with Crippen LogP contribution in [-0.4, -0.2) is 16.2 Å². The SMILES string of the molecule is CCOCn1c2c(c(=O)[nH]c1=O)CCc1ccccc1-2. The average molecular weight is 272 g/mol. The highest BCUT2D eigenvalue weighted by Gasteiger charge is 2.22. The fourth-order valence-electron chi connectivity index (χ4n) is 2.69. The summed E-state index contributed by atoms with van der Waals surface area (Å²) in [5.74, 6) is 0. The van der Waals surface area contributed by atoms with E-state index in [1.165, 1.54) is 4.57 Å². The van der Waals surface area contributed by atoms with Crippen molar-refractivity contribution in [3.8, 4) is 11.3 Å². The molecule has 1 aliphatic rings. The first kappa shape index (κ1) is 12.9. The molecule has 3 rings (SSSR count). The van der Waals surface area contributed by atoms with E-state index >= 15 is 0 Å². The van der Waals surface area contributed by atoms with Crippen molar-refractivity contribution in [3.63, 3.8) is 0 Å². The van der Waals surface area contributed by atoms with E-state index in [1.54, 1.807) is 0 Å². The summed E-state index contributed by atoms with van der Waals surface area (Å²) >= 11 is 0. The molecule has 0 spiro atoms. The monoisotopic (exact) mass is 272 g/mol. The fourth-order valence-corrected chi connectivity index (χ4v) is 2.69. The van der Waals surface area contributed by atoms with Gasteiger partial charge in [-0.3, -0.25) is 14.3 Å². The summed E-state index contributed by atoms with van der Waals surface area (Å²) < 4.78 is 6.87. The van der Waals surface area contributed by atoms with Crippen LogP contribution in [0.1, 0.15) is 18.1 Å². The maximum absolute atomic E-state index is 12.1. The highest BCUT2D eigenvalue weighted by atomic mass is 16.5. The van der Waals surface area contributed by atoms with Gasteiger partial charge in [-0.1, -0.05) is 24.3 Å². The fraction of sp³-hybridized carbons (Fsp3) is 0.333. The van der Waals surface area contributed by atoms with Crippen molar-refractivity contribution < 1.29 is 4.74 Å². The molecule has 0 fully saturated rings. The van der Waals surface area contributed by atoms with Crippen molar-refractivity contribution in [1.29, 1.82) is 0 Å². The lowest BCUT2D eigenvalue weighted by Gasteiger charge is -2.22. The van der Waals surface area contributed by atoms with Gasteiger partial charge in [-0.15, -0.1) is 0 Å². The van der Waals surface area contributed by atoms with Gasteiger partial charge in [-0.25, -0.2) is 4.79 Å². The number of nitrogens with one attached hydrogen (secondary N) is 1. The van der Waals surface area contributed by atoms with Crippen molar-refractivity contribution >= 4 is 0 Å². The lowest BCUT2D eigenvalue weighted by molar-refractivity contribution is 0.0852. The minimum absolute atomic E-state index is 0.156. The van der Waals surface area contributed by atoms with Crippen LogP contribution < -0.4 is 11.2 Å². The lowest BCUT2D eigenvalue weighted by Crippen LogP contribution is -2.36. The van der Waals surface area contributed by atoms with E-state index in [9.17, 15) is 9.59 Å². The van der Waals surface area contributed by atoms with Crippen molar-refractivity contribution in [2.75, 3.05) is 6.61 Å². The van der Waals surface area contributed by atoms with E-state index in [2.05, 4.69) is 4.98 Å². The Morgan fingerprint density at radius 2 is 2.05 bits per heavy atom. The molecule has 0 atom stereocenters. The van der Waals surface area contributed by atoms with Gasteiger partial charge in [0.1, 0.15) is 6.73 Å². The molecule has 1 N–H and O–H groups in total. The minimum atomic E-state index is -0.418. The molecule has 0 unspecified atom stereocenters. The molecular weight excluding hydrogens is 256 g/mol. The summed E-state index contributed by atoms with van der Waals surface area (Å²) in [6.45, 7) is 2.54. The topological polar surface area (TPSA) is 64.1 Å². The number of H-pyrrole nitrogens is 1. The predicted molar refractivity (Wildman–Crippen MR) is 75.8 cm³/mol. The van der Waals surface area contributed by atoms with Crippen LogP contribution in [0.15, 0.2) is 33.9 Å². The van der Waals surface area contributed by atoms with Gasteiger partial charge in [0.25, 0.3) is 5.56 Å². The molecule has 0 radical (unpaired) electrons. The molecule has 1 aliphatic carbocycles. The van der Waals surface area contributed by atoms with Crippen LogP contribution in [0, 0.1) is 0 Å². The third-order valence-corrected chi connectivity index (χ3v) is 3.64. The van der Waals surface area contributed by atoms with Crippen molar-refractivity contribution in [2.24, 2.45) is 0 Å². The highest BCUT2D eigenvalue weighted by Crippen LogP contribution is 2.30. The van der Waals surface area contributed by atoms with E-state index in [1.807, 2.05) is 31.2 Å². The third-order valence-electron chi connectivity index (χ3n) is 3.64. The number of fused-ring (bicyclic) bond motifs is 3. The van der Waals surface area contributed by atoms with Crippen molar-refractivity contribution in [3.05, 3.63) is 56.2 Å². The Balaban J connectivity index is 2.29. The number of rotatable bonds is 3. The quantitative estimate of drug-likeness (QED) is 0.916. The summed E-state index contributed by atoms with van der Waals surface area (Å²) in [7, 11) is 0. The molecule has 0 bridgehead atoms. The summed E-state index contributed by atoms with van der Waals surface area (Å²) in [6.07, 6.45) is 1.47. The molecule has 0 aliphatic heterocycles. The third kappa shape index (κ3) is 2.00. The Kier molecular flexibility index (Phi) is 3.28. The van der Waals surface area contributed by atoms with Gasteiger partial charge in [0.05, 0.1) is 5.69 Å². The number of aromatic nitrogens is 2. The first-order valence-corrected chi connectivity index (χ1v) is 6.74. The Hall–Kier alpha value is -2.14. The van der Waals surface area contributed by atoms with Crippen molar-refractivity contribution in [2.45, 2.75) is 26.5 Å². The summed E-state index contributed by atoms with van der Waals surface area (Å²) in [5, 5.41) is 0. The molecule has 1 aromatic carbocycles. The standard InChI is InChI=1S/C15H16N2O3/c1-2-20-9-17-13-11-6-4-3-5-10(11)7-8-12(13)14(18)16-15(17)19/h3-6H,2,7-9H2,1H3,(H,16,18,19). The predicted octanol–water partition coefficient (Wildman–Crippen LogP) is 1.30. The summed E-state index contributed by atoms with van der Waals surface area (Å²) in [6, 6.07) is 7.89. The molecule has 1 aromatic heterocycles. The van der Waals surface area contributed by atoms with Crippen LogP contribution in [0.4, 0.5) is 0 Å². The second kappa shape index (κ2) is 5.09. The highest BCUT2D eigenvalue weighted by molar-refractivity contribution is 5.69. The Bertz CT molecular complexity index is 758. The Morgan fingerprint density at radius 1 is 1.25 bits per heavy atom. The molecular formula is C15H16N2O3. The van der Waals surface area contributed by atoms with Crippen LogP contribution in [0.25, 0.3) is 11.3 Å². The van der Waals surface area contributed by atoms with E-state index in [0.717, 1.165) is 17.5 Å². The molecule has 0 saturated heterocycles. The smallest absolute Gasteiger partial charge is 0.330 e. The molecule has 5 heteroatoms. The number of aromatic amines is 1. The van der Waals surface area contributed by atoms with Gasteiger partial charge in [0.2, 0.25) is 0 Å². The normalized spacial score (nSPS) is 12.8. The first-order chi connectivity index (χ1) is 9.72.